The van der Waals surface area contributed by atoms with Crippen molar-refractivity contribution in [3.63, 3.8) is 0 Å². The van der Waals surface area contributed by atoms with E-state index in [-0.39, 0.29) is 18.3 Å². The molecule has 1 unspecified atom stereocenters. The van der Waals surface area contributed by atoms with Crippen LogP contribution in [-0.4, -0.2) is 24.5 Å². The maximum absolute atomic E-state index is 12.5. The topological polar surface area (TPSA) is 55.6 Å². The van der Waals surface area contributed by atoms with E-state index in [0.717, 1.165) is 22.4 Å². The van der Waals surface area contributed by atoms with Gasteiger partial charge in [-0.25, -0.2) is 0 Å². The largest absolute Gasteiger partial charge is 0.494 e. The van der Waals surface area contributed by atoms with Crippen molar-refractivity contribution in [1.82, 2.24) is 4.90 Å². The molecule has 0 aliphatic rings. The number of carbonyl (C=O) groups excluding carboxylic acids is 1. The first kappa shape index (κ1) is 20.0. The third-order valence-corrected chi connectivity index (χ3v) is 3.73. The second-order valence-corrected chi connectivity index (χ2v) is 5.66. The standard InChI is InChI=1S/C19H24N2O2.ClH/c1-4-23-17-11-7-15(8-12-17)13-21(3)19(22)18(20)16-9-5-14(2)6-10-16;/h5-12,18H,4,13,20H2,1-3H3;1H. The third kappa shape index (κ3) is 5.25. The summed E-state index contributed by atoms with van der Waals surface area (Å²) in [6.45, 7) is 5.12. The Labute approximate surface area is 150 Å². The van der Waals surface area contributed by atoms with Gasteiger partial charge in [0.15, 0.2) is 0 Å². The van der Waals surface area contributed by atoms with Gasteiger partial charge in [-0.05, 0) is 37.1 Å². The fourth-order valence-electron chi connectivity index (χ4n) is 2.36. The summed E-state index contributed by atoms with van der Waals surface area (Å²) >= 11 is 0. The average Bonchev–Trinajstić information content (AvgIpc) is 2.56. The number of hydrogen-bond acceptors (Lipinski definition) is 3. The summed E-state index contributed by atoms with van der Waals surface area (Å²) in [5.41, 5.74) is 9.12. The van der Waals surface area contributed by atoms with Gasteiger partial charge in [0, 0.05) is 13.6 Å². The smallest absolute Gasteiger partial charge is 0.244 e. The van der Waals surface area contributed by atoms with Crippen LogP contribution in [0.5, 0.6) is 5.75 Å². The Balaban J connectivity index is 0.00000288. The highest BCUT2D eigenvalue weighted by atomic mass is 35.5. The van der Waals surface area contributed by atoms with E-state index < -0.39 is 6.04 Å². The minimum absolute atomic E-state index is 0. The van der Waals surface area contributed by atoms with Gasteiger partial charge < -0.3 is 15.4 Å². The Morgan fingerprint density at radius 2 is 1.71 bits per heavy atom. The Morgan fingerprint density at radius 1 is 1.12 bits per heavy atom. The maximum atomic E-state index is 12.5. The number of halogens is 1. The van der Waals surface area contributed by atoms with Gasteiger partial charge in [-0.2, -0.15) is 0 Å². The number of rotatable bonds is 6. The molecule has 0 saturated heterocycles. The summed E-state index contributed by atoms with van der Waals surface area (Å²) in [5.74, 6) is 0.740. The molecule has 5 heteroatoms. The van der Waals surface area contributed by atoms with Gasteiger partial charge in [0.1, 0.15) is 11.8 Å². The van der Waals surface area contributed by atoms with Gasteiger partial charge in [0.05, 0.1) is 6.61 Å². The van der Waals surface area contributed by atoms with E-state index in [1.54, 1.807) is 11.9 Å². The summed E-state index contributed by atoms with van der Waals surface area (Å²) < 4.78 is 5.42. The molecule has 2 aromatic carbocycles. The number of aryl methyl sites for hydroxylation is 1. The van der Waals surface area contributed by atoms with Crippen LogP contribution >= 0.6 is 12.4 Å². The summed E-state index contributed by atoms with van der Waals surface area (Å²) in [6, 6.07) is 14.9. The zero-order valence-corrected chi connectivity index (χ0v) is 15.2. The fraction of sp³-hybridized carbons (Fsp3) is 0.316. The Kier molecular flexibility index (Phi) is 7.75. The van der Waals surface area contributed by atoms with Crippen molar-refractivity contribution in [1.29, 1.82) is 0 Å². The molecule has 24 heavy (non-hydrogen) atoms. The zero-order valence-electron chi connectivity index (χ0n) is 14.4. The van der Waals surface area contributed by atoms with Gasteiger partial charge in [-0.3, -0.25) is 4.79 Å². The number of ether oxygens (including phenoxy) is 1. The zero-order chi connectivity index (χ0) is 16.8. The van der Waals surface area contributed by atoms with Crippen LogP contribution in [0.2, 0.25) is 0 Å². The lowest BCUT2D eigenvalue weighted by Crippen LogP contribution is -2.35. The van der Waals surface area contributed by atoms with E-state index in [1.807, 2.05) is 62.4 Å². The molecule has 1 amide bonds. The molecule has 0 aromatic heterocycles. The first-order valence-electron chi connectivity index (χ1n) is 7.80. The second kappa shape index (κ2) is 9.30. The van der Waals surface area contributed by atoms with Gasteiger partial charge in [0.25, 0.3) is 0 Å². The third-order valence-electron chi connectivity index (χ3n) is 3.73. The van der Waals surface area contributed by atoms with Crippen LogP contribution in [0.3, 0.4) is 0 Å². The Morgan fingerprint density at radius 3 is 2.25 bits per heavy atom. The van der Waals surface area contributed by atoms with Crippen LogP contribution < -0.4 is 10.5 Å². The van der Waals surface area contributed by atoms with Crippen LogP contribution in [0, 0.1) is 6.92 Å². The molecule has 2 N–H and O–H groups in total. The molecule has 0 aliphatic heterocycles. The molecular formula is C19H25ClN2O2. The lowest BCUT2D eigenvalue weighted by molar-refractivity contribution is -0.131. The predicted molar refractivity (Wildman–Crippen MR) is 99.4 cm³/mol. The van der Waals surface area contributed by atoms with Gasteiger partial charge in [0.2, 0.25) is 5.91 Å². The lowest BCUT2D eigenvalue weighted by atomic mass is 10.0. The second-order valence-electron chi connectivity index (χ2n) is 5.66. The number of benzene rings is 2. The highest BCUT2D eigenvalue weighted by molar-refractivity contribution is 5.85. The number of likely N-dealkylation sites (N-methyl/N-ethyl adjacent to an activating group) is 1. The number of carbonyl (C=O) groups is 1. The molecule has 2 aromatic rings. The molecule has 1 atom stereocenters. The van der Waals surface area contributed by atoms with Crippen molar-refractivity contribution in [3.8, 4) is 5.75 Å². The minimum Gasteiger partial charge on any atom is -0.494 e. The van der Waals surface area contributed by atoms with Crippen molar-refractivity contribution < 1.29 is 9.53 Å². The number of nitrogens with zero attached hydrogens (tertiary/aromatic N) is 1. The molecule has 4 nitrogen and oxygen atoms in total. The maximum Gasteiger partial charge on any atom is 0.244 e. The first-order valence-corrected chi connectivity index (χ1v) is 7.80. The van der Waals surface area contributed by atoms with E-state index in [1.165, 1.54) is 0 Å². The average molecular weight is 349 g/mol. The van der Waals surface area contributed by atoms with Crippen molar-refractivity contribution in [2.45, 2.75) is 26.4 Å². The molecule has 0 radical (unpaired) electrons. The summed E-state index contributed by atoms with van der Waals surface area (Å²) in [7, 11) is 1.77. The first-order chi connectivity index (χ1) is 11.0. The molecule has 0 saturated carbocycles. The molecule has 0 aliphatic carbocycles. The van der Waals surface area contributed by atoms with E-state index in [0.29, 0.717) is 13.2 Å². The quantitative estimate of drug-likeness (QED) is 0.869. The van der Waals surface area contributed by atoms with Crippen molar-refractivity contribution in [3.05, 3.63) is 65.2 Å². The van der Waals surface area contributed by atoms with Crippen LogP contribution in [-0.2, 0) is 11.3 Å². The minimum atomic E-state index is -0.636. The van der Waals surface area contributed by atoms with Gasteiger partial charge >= 0.3 is 0 Å². The SMILES string of the molecule is CCOc1ccc(CN(C)C(=O)C(N)c2ccc(C)cc2)cc1.Cl. The van der Waals surface area contributed by atoms with E-state index >= 15 is 0 Å². The van der Waals surface area contributed by atoms with Crippen molar-refractivity contribution in [2.24, 2.45) is 5.73 Å². The molecule has 0 heterocycles. The summed E-state index contributed by atoms with van der Waals surface area (Å²) in [4.78, 5) is 14.1. The molecule has 2 rings (SSSR count). The number of amides is 1. The highest BCUT2D eigenvalue weighted by Crippen LogP contribution is 2.17. The van der Waals surface area contributed by atoms with Gasteiger partial charge in [-0.15, -0.1) is 12.4 Å². The Hall–Kier alpha value is -2.04. The molecule has 0 bridgehead atoms. The normalized spacial score (nSPS) is 11.3. The molecule has 0 spiro atoms. The van der Waals surface area contributed by atoms with E-state index in [2.05, 4.69) is 0 Å². The van der Waals surface area contributed by atoms with Crippen molar-refractivity contribution >= 4 is 18.3 Å². The highest BCUT2D eigenvalue weighted by Gasteiger charge is 2.19. The van der Waals surface area contributed by atoms with Gasteiger partial charge in [-0.1, -0.05) is 42.0 Å². The number of nitrogens with two attached hydrogens (primary N) is 1. The monoisotopic (exact) mass is 348 g/mol. The van der Waals surface area contributed by atoms with Crippen LogP contribution in [0.4, 0.5) is 0 Å². The summed E-state index contributed by atoms with van der Waals surface area (Å²) in [6.07, 6.45) is 0. The van der Waals surface area contributed by atoms with Crippen molar-refractivity contribution in [2.75, 3.05) is 13.7 Å². The van der Waals surface area contributed by atoms with Crippen LogP contribution in [0.1, 0.15) is 29.7 Å². The number of hydrogen-bond donors (Lipinski definition) is 1. The Bertz CT molecular complexity index is 641. The van der Waals surface area contributed by atoms with Crippen LogP contribution in [0.25, 0.3) is 0 Å². The predicted octanol–water partition coefficient (Wildman–Crippen LogP) is 3.47. The molecule has 0 fully saturated rings. The van der Waals surface area contributed by atoms with E-state index in [4.69, 9.17) is 10.5 Å². The molecular weight excluding hydrogens is 324 g/mol. The van der Waals surface area contributed by atoms with Crippen LogP contribution in [0.15, 0.2) is 48.5 Å². The fourth-order valence-corrected chi connectivity index (χ4v) is 2.36. The summed E-state index contributed by atoms with van der Waals surface area (Å²) in [5, 5.41) is 0. The van der Waals surface area contributed by atoms with E-state index in [9.17, 15) is 4.79 Å². The molecule has 130 valence electrons. The lowest BCUT2D eigenvalue weighted by Gasteiger charge is -2.22.